The Morgan fingerprint density at radius 3 is 2.61 bits per heavy atom. The van der Waals surface area contributed by atoms with Gasteiger partial charge in [-0.25, -0.2) is 9.18 Å². The van der Waals surface area contributed by atoms with Gasteiger partial charge in [-0.15, -0.1) is 0 Å². The van der Waals surface area contributed by atoms with E-state index in [1.807, 2.05) is 13.8 Å². The van der Waals surface area contributed by atoms with Crippen LogP contribution in [-0.2, 0) is 6.54 Å². The van der Waals surface area contributed by atoms with Crippen molar-refractivity contribution in [3.8, 4) is 0 Å². The fraction of sp³-hybridized carbons (Fsp3) is 0.375. The van der Waals surface area contributed by atoms with E-state index in [4.69, 9.17) is 4.52 Å². The third kappa shape index (κ3) is 5.07. The second kappa shape index (κ2) is 7.73. The van der Waals surface area contributed by atoms with Crippen molar-refractivity contribution >= 4 is 6.03 Å². The first-order valence-corrected chi connectivity index (χ1v) is 7.36. The molecule has 0 fully saturated rings. The lowest BCUT2D eigenvalue weighted by Gasteiger charge is -2.12. The molecule has 1 aromatic carbocycles. The maximum Gasteiger partial charge on any atom is 0.315 e. The van der Waals surface area contributed by atoms with Crippen LogP contribution in [0.15, 0.2) is 34.9 Å². The number of aliphatic hydroxyl groups excluding tert-OH is 1. The Labute approximate surface area is 133 Å². The summed E-state index contributed by atoms with van der Waals surface area (Å²) in [6, 6.07) is 6.82. The van der Waals surface area contributed by atoms with Crippen molar-refractivity contribution in [3.05, 3.63) is 53.2 Å². The van der Waals surface area contributed by atoms with Gasteiger partial charge in [0.25, 0.3) is 0 Å². The Balaban J connectivity index is 1.75. The molecule has 0 saturated heterocycles. The number of aliphatic hydroxyl groups is 1. The molecule has 7 heteroatoms. The van der Waals surface area contributed by atoms with Crippen LogP contribution in [0, 0.1) is 5.82 Å². The van der Waals surface area contributed by atoms with E-state index in [2.05, 4.69) is 15.8 Å². The van der Waals surface area contributed by atoms with Gasteiger partial charge in [-0.2, -0.15) is 0 Å². The Bertz CT molecular complexity index is 640. The number of nitrogens with zero attached hydrogens (tertiary/aromatic N) is 1. The fourth-order valence-corrected chi connectivity index (χ4v) is 1.91. The van der Waals surface area contributed by atoms with E-state index in [-0.39, 0.29) is 24.8 Å². The van der Waals surface area contributed by atoms with Gasteiger partial charge < -0.3 is 20.3 Å². The molecule has 0 bridgehead atoms. The molecular formula is C16H20FN3O3. The third-order valence-electron chi connectivity index (χ3n) is 3.30. The average molecular weight is 321 g/mol. The maximum absolute atomic E-state index is 12.8. The van der Waals surface area contributed by atoms with Crippen molar-refractivity contribution in [3.63, 3.8) is 0 Å². The van der Waals surface area contributed by atoms with Crippen LogP contribution in [0.25, 0.3) is 0 Å². The number of nitrogens with one attached hydrogen (secondary N) is 2. The summed E-state index contributed by atoms with van der Waals surface area (Å²) in [7, 11) is 0. The third-order valence-corrected chi connectivity index (χ3v) is 3.30. The molecule has 0 aliphatic rings. The SMILES string of the molecule is CC(C)c1cc(CNC(=O)NCC(O)c2ccc(F)cc2)on1. The lowest BCUT2D eigenvalue weighted by Crippen LogP contribution is -2.37. The molecule has 0 aliphatic heterocycles. The number of aromatic nitrogens is 1. The van der Waals surface area contributed by atoms with E-state index in [9.17, 15) is 14.3 Å². The molecule has 2 aromatic rings. The van der Waals surface area contributed by atoms with Crippen molar-refractivity contribution in [1.82, 2.24) is 15.8 Å². The quantitative estimate of drug-likeness (QED) is 0.763. The predicted octanol–water partition coefficient (Wildman–Crippen LogP) is 2.47. The smallest absolute Gasteiger partial charge is 0.315 e. The molecule has 0 saturated carbocycles. The summed E-state index contributed by atoms with van der Waals surface area (Å²) >= 11 is 0. The van der Waals surface area contributed by atoms with Crippen molar-refractivity contribution in [2.24, 2.45) is 0 Å². The zero-order chi connectivity index (χ0) is 16.8. The molecule has 1 atom stereocenters. The molecule has 3 N–H and O–H groups in total. The van der Waals surface area contributed by atoms with E-state index in [1.54, 1.807) is 6.07 Å². The Hall–Kier alpha value is -2.41. The molecule has 124 valence electrons. The molecular weight excluding hydrogens is 301 g/mol. The van der Waals surface area contributed by atoms with Gasteiger partial charge in [0, 0.05) is 12.6 Å². The lowest BCUT2D eigenvalue weighted by molar-refractivity contribution is 0.173. The highest BCUT2D eigenvalue weighted by Crippen LogP contribution is 2.14. The number of urea groups is 1. The van der Waals surface area contributed by atoms with Crippen molar-refractivity contribution in [2.75, 3.05) is 6.54 Å². The molecule has 23 heavy (non-hydrogen) atoms. The minimum absolute atomic E-state index is 0.0190. The van der Waals surface area contributed by atoms with Gasteiger partial charge in [0.1, 0.15) is 5.82 Å². The van der Waals surface area contributed by atoms with Gasteiger partial charge in [0.05, 0.1) is 18.3 Å². The van der Waals surface area contributed by atoms with E-state index in [0.29, 0.717) is 11.3 Å². The van der Waals surface area contributed by atoms with E-state index in [1.165, 1.54) is 24.3 Å². The highest BCUT2D eigenvalue weighted by Gasteiger charge is 2.11. The number of carbonyl (C=O) groups excluding carboxylic acids is 1. The second-order valence-corrected chi connectivity index (χ2v) is 5.50. The standard InChI is InChI=1S/C16H20FN3O3/c1-10(2)14-7-13(23-20-14)8-18-16(22)19-9-15(21)11-3-5-12(17)6-4-11/h3-7,10,15,21H,8-9H2,1-2H3,(H2,18,19,22). The van der Waals surface area contributed by atoms with Gasteiger partial charge in [-0.05, 0) is 23.6 Å². The van der Waals surface area contributed by atoms with Crippen LogP contribution in [0.3, 0.4) is 0 Å². The summed E-state index contributed by atoms with van der Waals surface area (Å²) in [6.45, 7) is 4.22. The summed E-state index contributed by atoms with van der Waals surface area (Å²) in [6.07, 6.45) is -0.904. The molecule has 1 unspecified atom stereocenters. The normalized spacial score (nSPS) is 12.2. The molecule has 0 aliphatic carbocycles. The number of hydrogen-bond acceptors (Lipinski definition) is 4. The number of benzene rings is 1. The van der Waals surface area contributed by atoms with Gasteiger partial charge in [-0.1, -0.05) is 31.1 Å². The lowest BCUT2D eigenvalue weighted by atomic mass is 10.1. The first kappa shape index (κ1) is 17.0. The molecule has 0 spiro atoms. The number of carbonyl (C=O) groups is 1. The number of amides is 2. The Kier molecular flexibility index (Phi) is 5.70. The summed E-state index contributed by atoms with van der Waals surface area (Å²) in [5.41, 5.74) is 1.36. The summed E-state index contributed by atoms with van der Waals surface area (Å²) in [5, 5.41) is 19.0. The van der Waals surface area contributed by atoms with Crippen molar-refractivity contribution < 1.29 is 18.8 Å². The zero-order valence-corrected chi connectivity index (χ0v) is 13.0. The van der Waals surface area contributed by atoms with Crippen LogP contribution in [0.5, 0.6) is 0 Å². The van der Waals surface area contributed by atoms with Crippen LogP contribution >= 0.6 is 0 Å². The highest BCUT2D eigenvalue weighted by molar-refractivity contribution is 5.73. The Morgan fingerprint density at radius 2 is 2.00 bits per heavy atom. The summed E-state index contributed by atoms with van der Waals surface area (Å²) in [4.78, 5) is 11.7. The highest BCUT2D eigenvalue weighted by atomic mass is 19.1. The first-order valence-electron chi connectivity index (χ1n) is 7.36. The Morgan fingerprint density at radius 1 is 1.30 bits per heavy atom. The van der Waals surface area contributed by atoms with Gasteiger partial charge in [0.15, 0.2) is 5.76 Å². The molecule has 2 rings (SSSR count). The molecule has 0 radical (unpaired) electrons. The minimum atomic E-state index is -0.904. The number of rotatable bonds is 6. The van der Waals surface area contributed by atoms with Gasteiger partial charge in [-0.3, -0.25) is 0 Å². The molecule has 6 nitrogen and oxygen atoms in total. The minimum Gasteiger partial charge on any atom is -0.387 e. The van der Waals surface area contributed by atoms with Gasteiger partial charge >= 0.3 is 6.03 Å². The predicted molar refractivity (Wildman–Crippen MR) is 82.2 cm³/mol. The summed E-state index contributed by atoms with van der Waals surface area (Å²) < 4.78 is 17.9. The van der Waals surface area contributed by atoms with Crippen LogP contribution in [0.2, 0.25) is 0 Å². The largest absolute Gasteiger partial charge is 0.387 e. The van der Waals surface area contributed by atoms with E-state index >= 15 is 0 Å². The zero-order valence-electron chi connectivity index (χ0n) is 13.0. The molecule has 1 aromatic heterocycles. The van der Waals surface area contributed by atoms with Crippen LogP contribution < -0.4 is 10.6 Å². The maximum atomic E-state index is 12.8. The van der Waals surface area contributed by atoms with Crippen LogP contribution in [-0.4, -0.2) is 22.8 Å². The van der Waals surface area contributed by atoms with E-state index in [0.717, 1.165) is 5.69 Å². The topological polar surface area (TPSA) is 87.4 Å². The average Bonchev–Trinajstić information content (AvgIpc) is 3.00. The van der Waals surface area contributed by atoms with Crippen LogP contribution in [0.4, 0.5) is 9.18 Å². The monoisotopic (exact) mass is 321 g/mol. The first-order chi connectivity index (χ1) is 11.0. The van der Waals surface area contributed by atoms with Crippen LogP contribution in [0.1, 0.15) is 42.9 Å². The van der Waals surface area contributed by atoms with Gasteiger partial charge in [0.2, 0.25) is 0 Å². The van der Waals surface area contributed by atoms with Crippen molar-refractivity contribution in [1.29, 1.82) is 0 Å². The molecule has 1 heterocycles. The van der Waals surface area contributed by atoms with Crippen molar-refractivity contribution in [2.45, 2.75) is 32.4 Å². The fourth-order valence-electron chi connectivity index (χ4n) is 1.91. The summed E-state index contributed by atoms with van der Waals surface area (Å²) in [5.74, 6) is 0.439. The number of halogens is 1. The second-order valence-electron chi connectivity index (χ2n) is 5.50. The number of hydrogen-bond donors (Lipinski definition) is 3. The molecule has 2 amide bonds. The van der Waals surface area contributed by atoms with E-state index < -0.39 is 12.1 Å².